The van der Waals surface area contributed by atoms with Gasteiger partial charge in [-0.15, -0.1) is 0 Å². The SMILES string of the molecule is CC[C@H](C)C(=O)O[C@@H]1C[C@H](O)[C@@]23C4C[C@@H](O)[C@]5(CO[C@H]2O[C@@H](O)[C@@]41C)[C@@H]3C(=O)[C@H](O)[C@@]1(C)[C@@]52O[C@H]2C[C@]1(O)c1ccoc1. The smallest absolute Gasteiger partial charge is 0.308 e. The van der Waals surface area contributed by atoms with Crippen molar-refractivity contribution in [3.05, 3.63) is 24.2 Å². The molecule has 12 nitrogen and oxygen atoms in total. The molecule has 0 radical (unpaired) electrons. The summed E-state index contributed by atoms with van der Waals surface area (Å²) >= 11 is 0. The lowest BCUT2D eigenvalue weighted by Crippen LogP contribution is -2.88. The summed E-state index contributed by atoms with van der Waals surface area (Å²) in [5.41, 5.74) is -8.62. The predicted octanol–water partition coefficient (Wildman–Crippen LogP) is 0.362. The Balaban J connectivity index is 1.31. The Morgan fingerprint density at radius 3 is 2.58 bits per heavy atom. The Morgan fingerprint density at radius 1 is 1.16 bits per heavy atom. The van der Waals surface area contributed by atoms with Gasteiger partial charge < -0.3 is 48.9 Å². The van der Waals surface area contributed by atoms with Crippen LogP contribution in [0.3, 0.4) is 0 Å². The van der Waals surface area contributed by atoms with Crippen LogP contribution < -0.4 is 0 Å². The summed E-state index contributed by atoms with van der Waals surface area (Å²) in [5, 5.41) is 60.2. The molecule has 1 unspecified atom stereocenters. The number of aliphatic hydroxyl groups excluding tert-OH is 4. The van der Waals surface area contributed by atoms with Gasteiger partial charge in [0, 0.05) is 24.3 Å². The minimum atomic E-state index is -1.75. The molecule has 0 amide bonds. The normalized spacial score (nSPS) is 58.2. The molecule has 0 aromatic carbocycles. The molecule has 1 aromatic rings. The van der Waals surface area contributed by atoms with Crippen LogP contribution in [0.5, 0.6) is 0 Å². The number of carbonyl (C=O) groups excluding carboxylic acids is 2. The fourth-order valence-electron chi connectivity index (χ4n) is 11.3. The highest BCUT2D eigenvalue weighted by Crippen LogP contribution is 2.85. The van der Waals surface area contributed by atoms with Gasteiger partial charge in [0.25, 0.3) is 0 Å². The van der Waals surface area contributed by atoms with E-state index in [0.717, 1.165) is 0 Å². The molecule has 12 heteroatoms. The number of hydrogen-bond acceptors (Lipinski definition) is 12. The van der Waals surface area contributed by atoms with Crippen LogP contribution in [0.1, 0.15) is 58.9 Å². The average molecular weight is 605 g/mol. The summed E-state index contributed by atoms with van der Waals surface area (Å²) in [6, 6.07) is 1.59. The minimum Gasteiger partial charge on any atom is -0.472 e. The zero-order valence-corrected chi connectivity index (χ0v) is 24.6. The molecule has 3 aliphatic heterocycles. The quantitative estimate of drug-likeness (QED) is 0.235. The first-order chi connectivity index (χ1) is 20.2. The zero-order chi connectivity index (χ0) is 30.7. The van der Waals surface area contributed by atoms with Gasteiger partial charge in [-0.1, -0.05) is 27.7 Å². The third-order valence-electron chi connectivity index (χ3n) is 13.7. The summed E-state index contributed by atoms with van der Waals surface area (Å²) in [6.07, 6.45) is -5.37. The number of epoxide rings is 1. The maximum absolute atomic E-state index is 14.8. The van der Waals surface area contributed by atoms with Crippen LogP contribution in [-0.2, 0) is 34.1 Å². The van der Waals surface area contributed by atoms with Crippen molar-refractivity contribution < 1.29 is 58.5 Å². The van der Waals surface area contributed by atoms with Crippen molar-refractivity contribution >= 4 is 11.8 Å². The Kier molecular flexibility index (Phi) is 5.49. The third-order valence-corrected chi connectivity index (χ3v) is 13.7. The lowest BCUT2D eigenvalue weighted by atomic mass is 9.31. The Morgan fingerprint density at radius 2 is 1.91 bits per heavy atom. The molecule has 8 rings (SSSR count). The number of hydrogen-bond donors (Lipinski definition) is 5. The van der Waals surface area contributed by atoms with E-state index in [4.69, 9.17) is 23.4 Å². The molecular weight excluding hydrogens is 564 g/mol. The highest BCUT2D eigenvalue weighted by Gasteiger charge is 2.97. The molecule has 7 aliphatic rings. The van der Waals surface area contributed by atoms with Crippen LogP contribution in [0.4, 0.5) is 0 Å². The molecule has 236 valence electrons. The Hall–Kier alpha value is -1.90. The molecule has 3 saturated heterocycles. The van der Waals surface area contributed by atoms with Crippen molar-refractivity contribution in [3.8, 4) is 0 Å². The molecule has 4 saturated carbocycles. The van der Waals surface area contributed by atoms with Gasteiger partial charge in [-0.25, -0.2) is 0 Å². The second-order valence-electron chi connectivity index (χ2n) is 14.7. The van der Waals surface area contributed by atoms with Gasteiger partial charge in [0.05, 0.1) is 65.0 Å². The van der Waals surface area contributed by atoms with Gasteiger partial charge in [-0.2, -0.15) is 0 Å². The Labute approximate surface area is 248 Å². The van der Waals surface area contributed by atoms with Gasteiger partial charge in [-0.05, 0) is 24.8 Å². The topological polar surface area (TPSA) is 189 Å². The van der Waals surface area contributed by atoms with Crippen molar-refractivity contribution in [2.45, 2.75) is 108 Å². The minimum absolute atomic E-state index is 0.0170. The summed E-state index contributed by atoms with van der Waals surface area (Å²) in [5.74, 6) is -3.56. The van der Waals surface area contributed by atoms with Crippen LogP contribution in [0.25, 0.3) is 0 Å². The molecule has 3 bridgehead atoms. The van der Waals surface area contributed by atoms with E-state index in [1.165, 1.54) is 12.5 Å². The lowest BCUT2D eigenvalue weighted by Gasteiger charge is -2.76. The molecule has 16 atom stereocenters. The van der Waals surface area contributed by atoms with E-state index in [9.17, 15) is 35.1 Å². The first kappa shape index (κ1) is 28.6. The van der Waals surface area contributed by atoms with Crippen LogP contribution in [0.2, 0.25) is 0 Å². The van der Waals surface area contributed by atoms with Crippen molar-refractivity contribution in [1.29, 1.82) is 0 Å². The summed E-state index contributed by atoms with van der Waals surface area (Å²) in [7, 11) is 0. The molecule has 1 aromatic heterocycles. The molecule has 43 heavy (non-hydrogen) atoms. The maximum atomic E-state index is 14.8. The largest absolute Gasteiger partial charge is 0.472 e. The first-order valence-electron chi connectivity index (χ1n) is 15.4. The summed E-state index contributed by atoms with van der Waals surface area (Å²) in [4.78, 5) is 27.8. The summed E-state index contributed by atoms with van der Waals surface area (Å²) < 4.78 is 30.1. The van der Waals surface area contributed by atoms with Crippen LogP contribution in [0, 0.1) is 39.4 Å². The number of esters is 1. The second kappa shape index (κ2) is 8.27. The molecule has 4 heterocycles. The number of carbonyl (C=O) groups is 2. The van der Waals surface area contributed by atoms with Crippen molar-refractivity contribution in [3.63, 3.8) is 0 Å². The van der Waals surface area contributed by atoms with E-state index in [-0.39, 0.29) is 25.9 Å². The van der Waals surface area contributed by atoms with E-state index in [1.54, 1.807) is 26.8 Å². The molecule has 5 N–H and O–H groups in total. The lowest BCUT2D eigenvalue weighted by molar-refractivity contribution is -0.468. The summed E-state index contributed by atoms with van der Waals surface area (Å²) in [6.45, 7) is 6.70. The van der Waals surface area contributed by atoms with Crippen molar-refractivity contribution in [1.82, 2.24) is 0 Å². The molecule has 2 spiro atoms. The predicted molar refractivity (Wildman–Crippen MR) is 141 cm³/mol. The van der Waals surface area contributed by atoms with Gasteiger partial charge in [0.2, 0.25) is 0 Å². The zero-order valence-electron chi connectivity index (χ0n) is 24.6. The fourth-order valence-corrected chi connectivity index (χ4v) is 11.3. The first-order valence-corrected chi connectivity index (χ1v) is 15.4. The Bertz CT molecular complexity index is 1380. The second-order valence-corrected chi connectivity index (χ2v) is 14.7. The van der Waals surface area contributed by atoms with E-state index in [0.29, 0.717) is 12.0 Å². The highest BCUT2D eigenvalue weighted by molar-refractivity contribution is 5.91. The van der Waals surface area contributed by atoms with Gasteiger partial charge in [0.1, 0.15) is 23.4 Å². The molecule has 4 aliphatic carbocycles. The van der Waals surface area contributed by atoms with E-state index in [1.807, 2.05) is 6.92 Å². The number of rotatable bonds is 4. The van der Waals surface area contributed by atoms with E-state index < -0.39 is 105 Å². The number of ketones is 1. The van der Waals surface area contributed by atoms with E-state index >= 15 is 0 Å². The average Bonchev–Trinajstić information content (AvgIpc) is 3.33. The highest BCUT2D eigenvalue weighted by atomic mass is 16.7. The molecule has 7 fully saturated rings. The van der Waals surface area contributed by atoms with Crippen molar-refractivity contribution in [2.75, 3.05) is 6.61 Å². The molecular formula is C31H40O12. The van der Waals surface area contributed by atoms with Gasteiger partial charge >= 0.3 is 5.97 Å². The number of furan rings is 1. The van der Waals surface area contributed by atoms with Gasteiger partial charge in [0.15, 0.2) is 18.4 Å². The van der Waals surface area contributed by atoms with Crippen LogP contribution in [-0.4, -0.2) is 92.6 Å². The van der Waals surface area contributed by atoms with Gasteiger partial charge in [-0.3, -0.25) is 9.59 Å². The number of ether oxygens (including phenoxy) is 4. The van der Waals surface area contributed by atoms with Crippen molar-refractivity contribution in [2.24, 2.45) is 39.4 Å². The van der Waals surface area contributed by atoms with Crippen LogP contribution >= 0.6 is 0 Å². The standard InChI is InChI=1S/C31H40O12/c1-5-13(2)23(36)41-18-9-17(33)30-15-8-16(32)28(12-40-25(30)42-24(37)26(15,18)3)21(30)20(34)22(35)27(4)29(38,14-6-7-39-11-14)10-19-31(27,28)43-19/h6-7,11,13,15-19,21-22,24-25,32-33,35,37-38H,5,8-10,12H2,1-4H3/t13-,15?,16+,17-,18+,19-,21-,22-,24+,25-,26-,27+,28+,29-,30+,31+/m0/s1. The number of aliphatic hydroxyl groups is 5. The third kappa shape index (κ3) is 2.65. The van der Waals surface area contributed by atoms with Crippen LogP contribution in [0.15, 0.2) is 23.0 Å². The maximum Gasteiger partial charge on any atom is 0.308 e. The van der Waals surface area contributed by atoms with E-state index in [2.05, 4.69) is 0 Å². The number of Topliss-reactive ketones (excluding diaryl/α,β-unsaturated/α-hetero) is 1. The monoisotopic (exact) mass is 604 g/mol. The fraction of sp³-hybridized carbons (Fsp3) is 0.806.